The largest absolute Gasteiger partial charge is 0.493 e. The first kappa shape index (κ1) is 15.2. The molecule has 0 aliphatic carbocycles. The number of nitro benzene ring substituents is 1. The van der Waals surface area contributed by atoms with Crippen molar-refractivity contribution in [1.82, 2.24) is 6.15 Å². The zero-order valence-electron chi connectivity index (χ0n) is 10.5. The lowest BCUT2D eigenvalue weighted by Gasteiger charge is -2.12. The smallest absolute Gasteiger partial charge is 0.276 e. The summed E-state index contributed by atoms with van der Waals surface area (Å²) in [5.74, 6) is 0.940. The first-order chi connectivity index (χ1) is 7.51. The van der Waals surface area contributed by atoms with Crippen LogP contribution in [0.4, 0.5) is 5.69 Å². The molecule has 0 aromatic heterocycles. The van der Waals surface area contributed by atoms with Gasteiger partial charge in [-0.05, 0) is 12.0 Å². The van der Waals surface area contributed by atoms with Gasteiger partial charge < -0.3 is 15.6 Å². The number of nitro groups is 1. The van der Waals surface area contributed by atoms with Crippen molar-refractivity contribution in [1.29, 1.82) is 0 Å². The predicted molar refractivity (Wildman–Crippen MR) is 65.3 cm³/mol. The van der Waals surface area contributed by atoms with Gasteiger partial charge in [0.2, 0.25) is 0 Å². The molecule has 6 nitrogen and oxygen atoms in total. The normalized spacial score (nSPS) is 9.71. The van der Waals surface area contributed by atoms with Gasteiger partial charge in [-0.1, -0.05) is 13.8 Å². The summed E-state index contributed by atoms with van der Waals surface area (Å²) in [6.07, 6.45) is 0. The molecule has 3 N–H and O–H groups in total. The molecule has 0 bridgehead atoms. The summed E-state index contributed by atoms with van der Waals surface area (Å²) in [6.45, 7) is 3.79. The maximum Gasteiger partial charge on any atom is 0.276 e. The van der Waals surface area contributed by atoms with Gasteiger partial charge in [0.25, 0.3) is 5.69 Å². The topological polar surface area (TPSA) is 96.6 Å². The van der Waals surface area contributed by atoms with Crippen LogP contribution in [-0.4, -0.2) is 19.1 Å². The summed E-state index contributed by atoms with van der Waals surface area (Å²) in [6, 6.07) is 3.05. The van der Waals surface area contributed by atoms with Crippen molar-refractivity contribution >= 4 is 5.69 Å². The molecule has 0 aliphatic rings. The molecular formula is C11H18N2O4. The van der Waals surface area contributed by atoms with Gasteiger partial charge in [0.05, 0.1) is 25.2 Å². The van der Waals surface area contributed by atoms with Crippen molar-refractivity contribution < 1.29 is 14.4 Å². The molecule has 0 heterocycles. The van der Waals surface area contributed by atoms with E-state index in [2.05, 4.69) is 0 Å². The Morgan fingerprint density at radius 3 is 2.00 bits per heavy atom. The van der Waals surface area contributed by atoms with Gasteiger partial charge in [0.15, 0.2) is 11.5 Å². The summed E-state index contributed by atoms with van der Waals surface area (Å²) < 4.78 is 10.1. The van der Waals surface area contributed by atoms with Crippen LogP contribution in [0.1, 0.15) is 25.3 Å². The third-order valence-electron chi connectivity index (χ3n) is 2.35. The highest BCUT2D eigenvalue weighted by Crippen LogP contribution is 2.37. The van der Waals surface area contributed by atoms with Crippen molar-refractivity contribution in [3.63, 3.8) is 0 Å². The summed E-state index contributed by atoms with van der Waals surface area (Å²) in [4.78, 5) is 10.5. The van der Waals surface area contributed by atoms with Gasteiger partial charge in [-0.3, -0.25) is 10.1 Å². The molecule has 1 aromatic rings. The summed E-state index contributed by atoms with van der Waals surface area (Å²) in [7, 11) is 2.96. The first-order valence-electron chi connectivity index (χ1n) is 4.91. The van der Waals surface area contributed by atoms with E-state index in [4.69, 9.17) is 9.47 Å². The molecule has 17 heavy (non-hydrogen) atoms. The van der Waals surface area contributed by atoms with E-state index in [-0.39, 0.29) is 17.8 Å². The van der Waals surface area contributed by atoms with E-state index in [0.29, 0.717) is 17.1 Å². The molecule has 0 radical (unpaired) electrons. The molecule has 0 saturated heterocycles. The number of nitrogens with zero attached hydrogens (tertiary/aromatic N) is 1. The van der Waals surface area contributed by atoms with Crippen molar-refractivity contribution in [2.24, 2.45) is 0 Å². The number of methoxy groups -OCH3 is 2. The van der Waals surface area contributed by atoms with Crippen molar-refractivity contribution in [2.45, 2.75) is 19.8 Å². The van der Waals surface area contributed by atoms with Gasteiger partial charge in [0.1, 0.15) is 0 Å². The van der Waals surface area contributed by atoms with Crippen molar-refractivity contribution in [3.05, 3.63) is 27.8 Å². The fraction of sp³-hybridized carbons (Fsp3) is 0.455. The van der Waals surface area contributed by atoms with Crippen LogP contribution >= 0.6 is 0 Å². The van der Waals surface area contributed by atoms with Crippen LogP contribution in [0.3, 0.4) is 0 Å². The molecule has 0 aliphatic heterocycles. The van der Waals surface area contributed by atoms with Gasteiger partial charge in [0, 0.05) is 5.56 Å². The summed E-state index contributed by atoms with van der Waals surface area (Å²) in [5, 5.41) is 10.9. The van der Waals surface area contributed by atoms with Crippen molar-refractivity contribution in [3.8, 4) is 11.5 Å². The van der Waals surface area contributed by atoms with Gasteiger partial charge in [-0.15, -0.1) is 0 Å². The second-order valence-corrected chi connectivity index (χ2v) is 3.68. The Morgan fingerprint density at radius 1 is 1.18 bits per heavy atom. The molecule has 0 amide bonds. The Hall–Kier alpha value is -1.82. The van der Waals surface area contributed by atoms with Crippen LogP contribution in [0, 0.1) is 10.1 Å². The monoisotopic (exact) mass is 242 g/mol. The van der Waals surface area contributed by atoms with Crippen LogP contribution in [-0.2, 0) is 0 Å². The van der Waals surface area contributed by atoms with E-state index < -0.39 is 4.92 Å². The zero-order chi connectivity index (χ0) is 12.3. The molecule has 1 rings (SSSR count). The molecule has 6 heteroatoms. The molecule has 0 fully saturated rings. The summed E-state index contributed by atoms with van der Waals surface area (Å²) in [5.41, 5.74) is 0.704. The molecule has 0 unspecified atom stereocenters. The summed E-state index contributed by atoms with van der Waals surface area (Å²) >= 11 is 0. The Kier molecular flexibility index (Phi) is 5.40. The minimum Gasteiger partial charge on any atom is -0.493 e. The van der Waals surface area contributed by atoms with Crippen LogP contribution in [0.5, 0.6) is 11.5 Å². The average Bonchev–Trinajstić information content (AvgIpc) is 2.26. The highest BCUT2D eigenvalue weighted by atomic mass is 16.6. The predicted octanol–water partition coefficient (Wildman–Crippen LogP) is 2.90. The maximum absolute atomic E-state index is 10.9. The van der Waals surface area contributed by atoms with Gasteiger partial charge >= 0.3 is 0 Å². The van der Waals surface area contributed by atoms with E-state index in [0.717, 1.165) is 0 Å². The second kappa shape index (κ2) is 6.05. The fourth-order valence-electron chi connectivity index (χ4n) is 1.50. The molecule has 1 aromatic carbocycles. The van der Waals surface area contributed by atoms with Crippen LogP contribution in [0.25, 0.3) is 0 Å². The Morgan fingerprint density at radius 2 is 1.65 bits per heavy atom. The van der Waals surface area contributed by atoms with E-state index in [9.17, 15) is 10.1 Å². The number of hydrogen-bond acceptors (Lipinski definition) is 5. The Bertz CT molecular complexity index is 405. The number of rotatable bonds is 4. The SMILES string of the molecule is COc1cc(C(C)C)c([N+](=O)[O-])cc1OC.N. The Labute approximate surface area is 100 Å². The van der Waals surface area contributed by atoms with Crippen molar-refractivity contribution in [2.75, 3.05) is 14.2 Å². The lowest BCUT2D eigenvalue weighted by Crippen LogP contribution is -2.00. The Balaban J connectivity index is 0.00000256. The highest BCUT2D eigenvalue weighted by molar-refractivity contribution is 5.55. The highest BCUT2D eigenvalue weighted by Gasteiger charge is 2.21. The third-order valence-corrected chi connectivity index (χ3v) is 2.35. The van der Waals surface area contributed by atoms with E-state index >= 15 is 0 Å². The van der Waals surface area contributed by atoms with E-state index in [1.54, 1.807) is 6.07 Å². The molecule has 0 atom stereocenters. The average molecular weight is 242 g/mol. The van der Waals surface area contributed by atoms with Crippen LogP contribution < -0.4 is 15.6 Å². The van der Waals surface area contributed by atoms with Crippen LogP contribution in [0.15, 0.2) is 12.1 Å². The van der Waals surface area contributed by atoms with E-state index in [1.807, 2.05) is 13.8 Å². The second-order valence-electron chi connectivity index (χ2n) is 3.68. The lowest BCUT2D eigenvalue weighted by molar-refractivity contribution is -0.385. The minimum absolute atomic E-state index is 0. The first-order valence-corrected chi connectivity index (χ1v) is 4.91. The van der Waals surface area contributed by atoms with Gasteiger partial charge in [-0.2, -0.15) is 0 Å². The minimum atomic E-state index is -0.405. The van der Waals surface area contributed by atoms with E-state index in [1.165, 1.54) is 20.3 Å². The third kappa shape index (κ3) is 3.07. The molecular weight excluding hydrogens is 224 g/mol. The van der Waals surface area contributed by atoms with Gasteiger partial charge in [-0.25, -0.2) is 0 Å². The molecule has 0 spiro atoms. The number of ether oxygens (including phenoxy) is 2. The fourth-order valence-corrected chi connectivity index (χ4v) is 1.50. The quantitative estimate of drug-likeness (QED) is 0.646. The van der Waals surface area contributed by atoms with Crippen LogP contribution in [0.2, 0.25) is 0 Å². The zero-order valence-corrected chi connectivity index (χ0v) is 10.5. The number of benzene rings is 1. The number of hydrogen-bond donors (Lipinski definition) is 1. The standard InChI is InChI=1S/C11H15NO4.H3N/c1-7(2)8-5-10(15-3)11(16-4)6-9(8)12(13)14;/h5-7H,1-4H3;1H3. The lowest BCUT2D eigenvalue weighted by atomic mass is 10.0. The molecule has 0 saturated carbocycles. The molecule has 96 valence electrons. The maximum atomic E-state index is 10.9.